The number of nitrogens with two attached hydrogens (primary N) is 1. The van der Waals surface area contributed by atoms with Crippen molar-refractivity contribution in [3.63, 3.8) is 0 Å². The quantitative estimate of drug-likeness (QED) is 0.432. The molecule has 0 unspecified atom stereocenters. The van der Waals surface area contributed by atoms with Crippen LogP contribution in [-0.4, -0.2) is 59.6 Å². The first-order valence-corrected chi connectivity index (χ1v) is 11.6. The second-order valence-electron chi connectivity index (χ2n) is 8.55. The summed E-state index contributed by atoms with van der Waals surface area (Å²) in [6, 6.07) is 15.1. The third kappa shape index (κ3) is 5.11. The lowest BCUT2D eigenvalue weighted by atomic mass is 10.1. The Labute approximate surface area is 203 Å². The van der Waals surface area contributed by atoms with Gasteiger partial charge in [0.15, 0.2) is 0 Å². The maximum atomic E-state index is 14.2. The SMILES string of the molecule is CN1CCN(c2ccc(-c3cc4c(Oc5ccc(F)c(CC#CCN)c5)ncnc4[nH]3)cc2)CC1. The van der Waals surface area contributed by atoms with Crippen molar-refractivity contribution in [1.82, 2.24) is 19.9 Å². The summed E-state index contributed by atoms with van der Waals surface area (Å²) in [6.07, 6.45) is 1.71. The van der Waals surface area contributed by atoms with E-state index < -0.39 is 0 Å². The Morgan fingerprint density at radius 1 is 1.03 bits per heavy atom. The fourth-order valence-electron chi connectivity index (χ4n) is 4.16. The zero-order valence-corrected chi connectivity index (χ0v) is 19.6. The Balaban J connectivity index is 1.38. The summed E-state index contributed by atoms with van der Waals surface area (Å²) < 4.78 is 20.2. The van der Waals surface area contributed by atoms with Gasteiger partial charge in [-0.05, 0) is 49.0 Å². The molecule has 0 radical (unpaired) electrons. The molecule has 1 saturated heterocycles. The molecule has 0 saturated carbocycles. The highest BCUT2D eigenvalue weighted by molar-refractivity contribution is 5.87. The van der Waals surface area contributed by atoms with Crippen LogP contribution in [0.2, 0.25) is 0 Å². The van der Waals surface area contributed by atoms with Crippen LogP contribution in [0.1, 0.15) is 5.56 Å². The van der Waals surface area contributed by atoms with Crippen molar-refractivity contribution in [1.29, 1.82) is 0 Å². The molecule has 1 aliphatic rings. The molecule has 0 bridgehead atoms. The van der Waals surface area contributed by atoms with E-state index in [1.807, 2.05) is 6.07 Å². The van der Waals surface area contributed by atoms with Crippen LogP contribution in [0.25, 0.3) is 22.3 Å². The maximum Gasteiger partial charge on any atom is 0.231 e. The van der Waals surface area contributed by atoms with Crippen LogP contribution in [0.15, 0.2) is 54.9 Å². The Hall–Kier alpha value is -3.93. The van der Waals surface area contributed by atoms with Gasteiger partial charge in [0.05, 0.1) is 11.9 Å². The Bertz CT molecular complexity index is 1380. The minimum Gasteiger partial charge on any atom is -0.438 e. The Morgan fingerprint density at radius 3 is 2.60 bits per heavy atom. The van der Waals surface area contributed by atoms with E-state index in [-0.39, 0.29) is 18.8 Å². The molecule has 0 aliphatic carbocycles. The average molecular weight is 471 g/mol. The molecule has 8 heteroatoms. The molecule has 4 aromatic rings. The lowest BCUT2D eigenvalue weighted by Gasteiger charge is -2.34. The van der Waals surface area contributed by atoms with Gasteiger partial charge in [-0.15, -0.1) is 0 Å². The number of piperazine rings is 1. The molecule has 1 aliphatic heterocycles. The molecular weight excluding hydrogens is 443 g/mol. The van der Waals surface area contributed by atoms with Gasteiger partial charge < -0.3 is 25.3 Å². The van der Waals surface area contributed by atoms with Crippen LogP contribution in [-0.2, 0) is 6.42 Å². The highest BCUT2D eigenvalue weighted by Crippen LogP contribution is 2.32. The third-order valence-electron chi connectivity index (χ3n) is 6.17. The summed E-state index contributed by atoms with van der Waals surface area (Å²) in [5.74, 6) is 6.15. The van der Waals surface area contributed by atoms with Crippen LogP contribution < -0.4 is 15.4 Å². The number of likely N-dealkylation sites (N-methyl/N-ethyl adjacent to an activating group) is 1. The average Bonchev–Trinajstić information content (AvgIpc) is 3.32. The van der Waals surface area contributed by atoms with Crippen LogP contribution >= 0.6 is 0 Å². The van der Waals surface area contributed by atoms with Crippen molar-refractivity contribution in [3.05, 3.63) is 66.2 Å². The van der Waals surface area contributed by atoms with Crippen molar-refractivity contribution < 1.29 is 9.13 Å². The second kappa shape index (κ2) is 10.1. The molecule has 3 heterocycles. The molecule has 3 N–H and O–H groups in total. The van der Waals surface area contributed by atoms with Crippen molar-refractivity contribution in [2.24, 2.45) is 5.73 Å². The number of anilines is 1. The molecule has 7 nitrogen and oxygen atoms in total. The lowest BCUT2D eigenvalue weighted by molar-refractivity contribution is 0.313. The fraction of sp³-hybridized carbons (Fsp3) is 0.259. The van der Waals surface area contributed by atoms with Crippen molar-refractivity contribution in [2.75, 3.05) is 44.7 Å². The van der Waals surface area contributed by atoms with Gasteiger partial charge in [-0.1, -0.05) is 24.0 Å². The number of ether oxygens (including phenoxy) is 1. The molecule has 0 amide bonds. The zero-order chi connectivity index (χ0) is 24.2. The van der Waals surface area contributed by atoms with Gasteiger partial charge in [0.2, 0.25) is 5.88 Å². The van der Waals surface area contributed by atoms with Gasteiger partial charge in [0.25, 0.3) is 0 Å². The highest BCUT2D eigenvalue weighted by Gasteiger charge is 2.15. The van der Waals surface area contributed by atoms with Gasteiger partial charge in [-0.3, -0.25) is 0 Å². The number of hydrogen-bond acceptors (Lipinski definition) is 6. The molecule has 35 heavy (non-hydrogen) atoms. The second-order valence-corrected chi connectivity index (χ2v) is 8.55. The highest BCUT2D eigenvalue weighted by atomic mass is 19.1. The summed E-state index contributed by atoms with van der Waals surface area (Å²) in [7, 11) is 2.16. The van der Waals surface area contributed by atoms with E-state index in [0.29, 0.717) is 22.8 Å². The molecule has 178 valence electrons. The number of fused-ring (bicyclic) bond motifs is 1. The van der Waals surface area contributed by atoms with E-state index in [2.05, 4.69) is 67.9 Å². The summed E-state index contributed by atoms with van der Waals surface area (Å²) in [6.45, 7) is 4.45. The molecule has 0 spiro atoms. The smallest absolute Gasteiger partial charge is 0.231 e. The van der Waals surface area contributed by atoms with E-state index in [9.17, 15) is 4.39 Å². The van der Waals surface area contributed by atoms with E-state index in [1.54, 1.807) is 12.1 Å². The number of benzene rings is 2. The van der Waals surface area contributed by atoms with Crippen LogP contribution in [0.5, 0.6) is 11.6 Å². The van der Waals surface area contributed by atoms with Crippen LogP contribution in [0.4, 0.5) is 10.1 Å². The van der Waals surface area contributed by atoms with E-state index >= 15 is 0 Å². The number of aromatic amines is 1. The van der Waals surface area contributed by atoms with Gasteiger partial charge in [0.1, 0.15) is 23.5 Å². The number of H-pyrrole nitrogens is 1. The monoisotopic (exact) mass is 470 g/mol. The lowest BCUT2D eigenvalue weighted by Crippen LogP contribution is -2.44. The van der Waals surface area contributed by atoms with Crippen molar-refractivity contribution in [3.8, 4) is 34.7 Å². The summed E-state index contributed by atoms with van der Waals surface area (Å²) in [4.78, 5) is 16.8. The summed E-state index contributed by atoms with van der Waals surface area (Å²) in [5.41, 5.74) is 9.71. The number of nitrogens with zero attached hydrogens (tertiary/aromatic N) is 4. The zero-order valence-electron chi connectivity index (χ0n) is 19.6. The molecule has 0 atom stereocenters. The van der Waals surface area contributed by atoms with E-state index in [1.165, 1.54) is 18.1 Å². The minimum absolute atomic E-state index is 0.241. The van der Waals surface area contributed by atoms with Gasteiger partial charge in [-0.2, -0.15) is 0 Å². The number of rotatable bonds is 5. The maximum absolute atomic E-state index is 14.2. The first kappa shape index (κ1) is 22.8. The number of hydrogen-bond donors (Lipinski definition) is 2. The third-order valence-corrected chi connectivity index (χ3v) is 6.17. The van der Waals surface area contributed by atoms with E-state index in [4.69, 9.17) is 10.5 Å². The van der Waals surface area contributed by atoms with Gasteiger partial charge in [0, 0.05) is 49.5 Å². The van der Waals surface area contributed by atoms with Crippen LogP contribution in [0, 0.1) is 17.7 Å². The summed E-state index contributed by atoms with van der Waals surface area (Å²) >= 11 is 0. The minimum atomic E-state index is -0.333. The van der Waals surface area contributed by atoms with Crippen molar-refractivity contribution >= 4 is 16.7 Å². The largest absolute Gasteiger partial charge is 0.438 e. The molecule has 1 fully saturated rings. The number of halogens is 1. The molecule has 2 aromatic carbocycles. The first-order valence-electron chi connectivity index (χ1n) is 11.6. The predicted molar refractivity (Wildman–Crippen MR) is 136 cm³/mol. The predicted octanol–water partition coefficient (Wildman–Crippen LogP) is 3.81. The first-order chi connectivity index (χ1) is 17.1. The van der Waals surface area contributed by atoms with Crippen LogP contribution in [0.3, 0.4) is 0 Å². The topological polar surface area (TPSA) is 83.3 Å². The number of nitrogens with one attached hydrogen (secondary N) is 1. The molecule has 2 aromatic heterocycles. The Morgan fingerprint density at radius 2 is 1.83 bits per heavy atom. The van der Waals surface area contributed by atoms with Crippen molar-refractivity contribution in [2.45, 2.75) is 6.42 Å². The van der Waals surface area contributed by atoms with Gasteiger partial charge >= 0.3 is 0 Å². The van der Waals surface area contributed by atoms with Gasteiger partial charge in [-0.25, -0.2) is 14.4 Å². The standard InChI is InChI=1S/C27H27FN6O/c1-33-12-14-34(15-13-33)21-7-5-19(6-8-21)25-17-23-26(32-25)30-18-31-27(23)35-22-9-10-24(28)20(16-22)4-2-3-11-29/h5-10,16-18H,4,11-15,29H2,1H3,(H,30,31,32). The summed E-state index contributed by atoms with van der Waals surface area (Å²) in [5, 5.41) is 0.749. The normalized spacial score (nSPS) is 14.1. The number of aromatic nitrogens is 3. The fourth-order valence-corrected chi connectivity index (χ4v) is 4.16. The molecular formula is C27H27FN6O. The van der Waals surface area contributed by atoms with E-state index in [0.717, 1.165) is 42.8 Å². The molecule has 5 rings (SSSR count). The Kier molecular flexibility index (Phi) is 6.62.